The summed E-state index contributed by atoms with van der Waals surface area (Å²) in [5, 5.41) is 10.5. The highest BCUT2D eigenvalue weighted by atomic mass is 33.1. The van der Waals surface area contributed by atoms with Crippen molar-refractivity contribution in [3.05, 3.63) is 48.3 Å². The van der Waals surface area contributed by atoms with Gasteiger partial charge in [-0.15, -0.1) is 0 Å². The lowest BCUT2D eigenvalue weighted by Crippen LogP contribution is -1.83. The van der Waals surface area contributed by atoms with E-state index in [0.717, 1.165) is 10.1 Å². The Morgan fingerprint density at radius 2 is 1.88 bits per heavy atom. The van der Waals surface area contributed by atoms with E-state index >= 15 is 0 Å². The van der Waals surface area contributed by atoms with Crippen molar-refractivity contribution in [1.29, 1.82) is 5.26 Å². The van der Waals surface area contributed by atoms with Crippen LogP contribution in [0.15, 0.2) is 52.8 Å². The fourth-order valence-electron chi connectivity index (χ4n) is 1.02. The molecule has 3 nitrogen and oxygen atoms in total. The van der Waals surface area contributed by atoms with Gasteiger partial charge in [0.25, 0.3) is 0 Å². The highest BCUT2D eigenvalue weighted by molar-refractivity contribution is 8.76. The summed E-state index contributed by atoms with van der Waals surface area (Å²) in [4.78, 5) is 8.34. The highest BCUT2D eigenvalue weighted by Crippen LogP contribution is 2.36. The minimum atomic E-state index is 0.593. The standard InChI is InChI=1S/C11H7N3S2/c12-8-9-4-3-7-14-11(9)16-15-10-5-1-2-6-13-10/h1-7H. The van der Waals surface area contributed by atoms with Crippen molar-refractivity contribution in [1.82, 2.24) is 9.97 Å². The number of hydrogen-bond donors (Lipinski definition) is 0. The van der Waals surface area contributed by atoms with Gasteiger partial charge in [-0.1, -0.05) is 6.07 Å². The molecule has 0 amide bonds. The zero-order valence-electron chi connectivity index (χ0n) is 8.20. The van der Waals surface area contributed by atoms with Gasteiger partial charge in [0.2, 0.25) is 0 Å². The van der Waals surface area contributed by atoms with Crippen LogP contribution in [0.1, 0.15) is 5.56 Å². The predicted octanol–water partition coefficient (Wildman–Crippen LogP) is 3.15. The van der Waals surface area contributed by atoms with Gasteiger partial charge in [0.05, 0.1) is 5.56 Å². The van der Waals surface area contributed by atoms with Gasteiger partial charge in [-0.05, 0) is 45.9 Å². The summed E-state index contributed by atoms with van der Waals surface area (Å²) in [6, 6.07) is 11.4. The van der Waals surface area contributed by atoms with Crippen LogP contribution >= 0.6 is 21.6 Å². The third-order valence-electron chi connectivity index (χ3n) is 1.74. The largest absolute Gasteiger partial charge is 0.249 e. The minimum absolute atomic E-state index is 0.593. The van der Waals surface area contributed by atoms with Crippen molar-refractivity contribution >= 4 is 21.6 Å². The van der Waals surface area contributed by atoms with Crippen LogP contribution in [-0.4, -0.2) is 9.97 Å². The summed E-state index contributed by atoms with van der Waals surface area (Å²) in [5.41, 5.74) is 0.593. The quantitative estimate of drug-likeness (QED) is 0.777. The second-order valence-electron chi connectivity index (χ2n) is 2.80. The Balaban J connectivity index is 2.09. The lowest BCUT2D eigenvalue weighted by molar-refractivity contribution is 1.12. The molecular weight excluding hydrogens is 238 g/mol. The number of nitriles is 1. The van der Waals surface area contributed by atoms with Crippen LogP contribution in [0.4, 0.5) is 0 Å². The SMILES string of the molecule is N#Cc1cccnc1SSc1ccccn1. The topological polar surface area (TPSA) is 49.6 Å². The first-order chi connectivity index (χ1) is 7.90. The van der Waals surface area contributed by atoms with Gasteiger partial charge in [-0.2, -0.15) is 5.26 Å². The summed E-state index contributed by atoms with van der Waals surface area (Å²) in [7, 11) is 2.94. The third-order valence-corrected chi connectivity index (χ3v) is 3.95. The fraction of sp³-hybridized carbons (Fsp3) is 0. The van der Waals surface area contributed by atoms with Gasteiger partial charge in [0, 0.05) is 12.4 Å². The van der Waals surface area contributed by atoms with Gasteiger partial charge < -0.3 is 0 Å². The van der Waals surface area contributed by atoms with Crippen molar-refractivity contribution in [2.45, 2.75) is 10.1 Å². The van der Waals surface area contributed by atoms with E-state index in [1.807, 2.05) is 18.2 Å². The molecule has 0 N–H and O–H groups in total. The van der Waals surface area contributed by atoms with Crippen molar-refractivity contribution in [3.8, 4) is 6.07 Å². The lowest BCUT2D eigenvalue weighted by atomic mass is 10.3. The Hall–Kier alpha value is -1.51. The number of aromatic nitrogens is 2. The van der Waals surface area contributed by atoms with E-state index in [2.05, 4.69) is 16.0 Å². The predicted molar refractivity (Wildman–Crippen MR) is 64.9 cm³/mol. The Morgan fingerprint density at radius 1 is 1.00 bits per heavy atom. The van der Waals surface area contributed by atoms with Gasteiger partial charge in [-0.25, -0.2) is 9.97 Å². The van der Waals surface area contributed by atoms with E-state index in [4.69, 9.17) is 5.26 Å². The molecule has 0 saturated carbocycles. The highest BCUT2D eigenvalue weighted by Gasteiger charge is 2.04. The molecule has 2 aromatic heterocycles. The van der Waals surface area contributed by atoms with Crippen LogP contribution in [0, 0.1) is 11.3 Å². The minimum Gasteiger partial charge on any atom is -0.249 e. The molecule has 78 valence electrons. The van der Waals surface area contributed by atoms with Gasteiger partial charge >= 0.3 is 0 Å². The maximum Gasteiger partial charge on any atom is 0.125 e. The normalized spacial score (nSPS) is 9.69. The van der Waals surface area contributed by atoms with Gasteiger partial charge in [0.1, 0.15) is 16.1 Å². The zero-order chi connectivity index (χ0) is 11.2. The molecule has 0 aliphatic rings. The molecule has 0 spiro atoms. The molecule has 2 heterocycles. The number of rotatable bonds is 3. The molecule has 2 rings (SSSR count). The molecule has 0 fully saturated rings. The molecule has 0 aliphatic heterocycles. The van der Waals surface area contributed by atoms with E-state index in [0.29, 0.717) is 5.56 Å². The first kappa shape index (κ1) is 11.0. The van der Waals surface area contributed by atoms with E-state index in [1.165, 1.54) is 21.6 Å². The third kappa shape index (κ3) is 2.75. The summed E-state index contributed by atoms with van der Waals surface area (Å²) in [6.45, 7) is 0. The molecule has 16 heavy (non-hydrogen) atoms. The number of nitrogens with zero attached hydrogens (tertiary/aromatic N) is 3. The van der Waals surface area contributed by atoms with E-state index in [-0.39, 0.29) is 0 Å². The molecule has 2 aromatic rings. The summed E-state index contributed by atoms with van der Waals surface area (Å²) in [6.07, 6.45) is 3.43. The molecule has 0 atom stereocenters. The molecule has 0 radical (unpaired) electrons. The van der Waals surface area contributed by atoms with Crippen molar-refractivity contribution in [3.63, 3.8) is 0 Å². The Labute approximate surface area is 101 Å². The summed E-state index contributed by atoms with van der Waals surface area (Å²) < 4.78 is 0. The smallest absolute Gasteiger partial charge is 0.125 e. The Bertz CT molecular complexity index is 508. The van der Waals surface area contributed by atoms with Crippen LogP contribution in [0.25, 0.3) is 0 Å². The molecule has 0 saturated heterocycles. The maximum absolute atomic E-state index is 8.89. The molecule has 5 heteroatoms. The summed E-state index contributed by atoms with van der Waals surface area (Å²) in [5.74, 6) is 0. The second kappa shape index (κ2) is 5.54. The van der Waals surface area contributed by atoms with Crippen LogP contribution in [-0.2, 0) is 0 Å². The van der Waals surface area contributed by atoms with Crippen molar-refractivity contribution < 1.29 is 0 Å². The molecule has 0 unspecified atom stereocenters. The van der Waals surface area contributed by atoms with E-state index in [1.54, 1.807) is 24.5 Å². The van der Waals surface area contributed by atoms with Crippen LogP contribution in [0.5, 0.6) is 0 Å². The van der Waals surface area contributed by atoms with E-state index < -0.39 is 0 Å². The van der Waals surface area contributed by atoms with Gasteiger partial charge in [0.15, 0.2) is 0 Å². The number of hydrogen-bond acceptors (Lipinski definition) is 5. The first-order valence-corrected chi connectivity index (χ1v) is 6.66. The molecule has 0 aliphatic carbocycles. The average molecular weight is 245 g/mol. The average Bonchev–Trinajstić information content (AvgIpc) is 2.38. The van der Waals surface area contributed by atoms with E-state index in [9.17, 15) is 0 Å². The molecule has 0 bridgehead atoms. The molecule has 0 aromatic carbocycles. The fourth-order valence-corrected chi connectivity index (χ4v) is 2.92. The first-order valence-electron chi connectivity index (χ1n) is 4.51. The summed E-state index contributed by atoms with van der Waals surface area (Å²) >= 11 is 0. The van der Waals surface area contributed by atoms with Crippen molar-refractivity contribution in [2.24, 2.45) is 0 Å². The zero-order valence-corrected chi connectivity index (χ0v) is 9.83. The Kier molecular flexibility index (Phi) is 3.81. The Morgan fingerprint density at radius 3 is 2.62 bits per heavy atom. The maximum atomic E-state index is 8.89. The monoisotopic (exact) mass is 245 g/mol. The number of pyridine rings is 2. The van der Waals surface area contributed by atoms with Crippen molar-refractivity contribution in [2.75, 3.05) is 0 Å². The van der Waals surface area contributed by atoms with Gasteiger partial charge in [-0.3, -0.25) is 0 Å². The molecular formula is C11H7N3S2. The van der Waals surface area contributed by atoms with Crippen LogP contribution in [0.3, 0.4) is 0 Å². The lowest BCUT2D eigenvalue weighted by Gasteiger charge is -2.00. The second-order valence-corrected chi connectivity index (χ2v) is 4.94. The van der Waals surface area contributed by atoms with Crippen LogP contribution < -0.4 is 0 Å². The van der Waals surface area contributed by atoms with Crippen LogP contribution in [0.2, 0.25) is 0 Å².